The van der Waals surface area contributed by atoms with E-state index in [0.29, 0.717) is 0 Å². The van der Waals surface area contributed by atoms with Crippen LogP contribution >= 0.6 is 0 Å². The number of aromatic nitrogens is 1. The number of fused-ring (bicyclic) bond motifs is 5. The number of aliphatic hydroxyl groups excluding tert-OH is 1. The Kier molecular flexibility index (Phi) is 9.58. The molecule has 0 aliphatic carbocycles. The molecule has 0 saturated carbocycles. The average molecular weight is 728 g/mol. The van der Waals surface area contributed by atoms with Crippen LogP contribution < -0.4 is 0 Å². The maximum absolute atomic E-state index is 13.5. The Balaban J connectivity index is 0.000000267. The molecule has 5 rings (SSSR count). The van der Waals surface area contributed by atoms with E-state index in [1.807, 2.05) is 6.20 Å². The van der Waals surface area contributed by atoms with Crippen molar-refractivity contribution in [3.05, 3.63) is 102 Å². The van der Waals surface area contributed by atoms with Gasteiger partial charge in [-0.3, -0.25) is 4.79 Å². The first-order chi connectivity index (χ1) is 18.7. The van der Waals surface area contributed by atoms with E-state index >= 15 is 0 Å². The Hall–Kier alpha value is -3.40. The van der Waals surface area contributed by atoms with Gasteiger partial charge in [0.25, 0.3) is 5.83 Å². The Morgan fingerprint density at radius 2 is 1.37 bits per heavy atom. The molecule has 0 aliphatic rings. The number of aliphatic hydroxyl groups is 1. The van der Waals surface area contributed by atoms with Crippen LogP contribution in [0.2, 0.25) is 0 Å². The maximum atomic E-state index is 13.5. The number of halogens is 1. The molecule has 0 fully saturated rings. The van der Waals surface area contributed by atoms with Gasteiger partial charge in [-0.1, -0.05) is 83.1 Å². The van der Waals surface area contributed by atoms with Crippen LogP contribution in [0, 0.1) is 30.7 Å². The molecule has 1 aromatic heterocycles. The number of allylic oxidation sites excluding steroid dienone is 2. The summed E-state index contributed by atoms with van der Waals surface area (Å²) in [5.74, 6) is -1.74. The number of rotatable bonds is 2. The molecule has 4 aromatic carbocycles. The summed E-state index contributed by atoms with van der Waals surface area (Å²) in [6.45, 7) is 14.3. The smallest absolute Gasteiger partial charge is 0.360 e. The second-order valence-corrected chi connectivity index (χ2v) is 12.5. The quantitative estimate of drug-likeness (QED) is 0.0647. The number of hydrogen-bond donors (Lipinski definition) is 1. The van der Waals surface area contributed by atoms with Gasteiger partial charge in [-0.25, -0.2) is 0 Å². The standard InChI is InChI=1S/C25H18N.C11H19FO2.Ir/c1-16-13-17(2)15-19(14-16)25-24-10-9-21-20-6-4-3-5-18(20)7-8-22(21)23(24)11-12-26-25;1-10(2,3)8(13)7(12)9(14)11(4,5)6;/h3-14H,1-2H3;13H,1-6H3;/q-1;;/p+1/b;8-7+;. The molecular weight excluding hydrogens is 690 g/mol. The molecule has 0 saturated heterocycles. The molecule has 215 valence electrons. The summed E-state index contributed by atoms with van der Waals surface area (Å²) >= 11 is 0. The molecule has 5 heteroatoms. The molecule has 0 unspecified atom stereocenters. The normalized spacial score (nSPS) is 12.4. The molecule has 3 nitrogen and oxygen atoms in total. The van der Waals surface area contributed by atoms with Crippen LogP contribution in [0.3, 0.4) is 0 Å². The van der Waals surface area contributed by atoms with Crippen LogP contribution in [0.15, 0.2) is 84.5 Å². The minimum absolute atomic E-state index is 0. The van der Waals surface area contributed by atoms with Crippen molar-refractivity contribution in [3.8, 4) is 11.3 Å². The van der Waals surface area contributed by atoms with Crippen molar-refractivity contribution >= 4 is 38.1 Å². The molecule has 41 heavy (non-hydrogen) atoms. The summed E-state index contributed by atoms with van der Waals surface area (Å²) < 4.78 is 13.5. The predicted octanol–water partition coefficient (Wildman–Crippen LogP) is 9.99. The summed E-state index contributed by atoms with van der Waals surface area (Å²) in [5, 5.41) is 17.1. The Labute approximate surface area is 255 Å². The molecule has 0 amide bonds. The number of ketones is 1. The number of hydrogen-bond acceptors (Lipinski definition) is 2. The summed E-state index contributed by atoms with van der Waals surface area (Å²) in [4.78, 5) is 14.2. The van der Waals surface area contributed by atoms with E-state index in [4.69, 9.17) is 4.98 Å². The molecule has 0 aliphatic heterocycles. The van der Waals surface area contributed by atoms with Crippen molar-refractivity contribution in [2.45, 2.75) is 55.4 Å². The van der Waals surface area contributed by atoms with Gasteiger partial charge in [0, 0.05) is 31.7 Å². The van der Waals surface area contributed by atoms with Crippen LogP contribution in [-0.4, -0.2) is 20.7 Å². The summed E-state index contributed by atoms with van der Waals surface area (Å²) in [6.07, 6.45) is 1.91. The SMILES string of the molecule is CC(C)(C)C(=[OH+])/C(F)=C(\O)C(C)(C)C.Cc1[c-]c(-c2nccc3c2ccc2c4ccccc4ccc32)cc(C)c1.[Ir]. The third-order valence-electron chi connectivity index (χ3n) is 6.91. The zero-order valence-electron chi connectivity index (χ0n) is 25.0. The number of aryl methyl sites for hydroxylation is 2. The zero-order valence-corrected chi connectivity index (χ0v) is 27.4. The maximum Gasteiger partial charge on any atom is 0.360 e. The van der Waals surface area contributed by atoms with Crippen molar-refractivity contribution in [2.75, 3.05) is 0 Å². The van der Waals surface area contributed by atoms with Gasteiger partial charge in [0.05, 0.1) is 5.41 Å². The fraction of sp³-hybridized carbons (Fsp3) is 0.278. The van der Waals surface area contributed by atoms with Crippen LogP contribution in [0.1, 0.15) is 52.7 Å². The first-order valence-electron chi connectivity index (χ1n) is 13.5. The number of pyridine rings is 1. The van der Waals surface area contributed by atoms with E-state index in [-0.39, 0.29) is 20.1 Å². The predicted molar refractivity (Wildman–Crippen MR) is 167 cm³/mol. The molecule has 1 heterocycles. The van der Waals surface area contributed by atoms with E-state index in [9.17, 15) is 14.3 Å². The molecule has 2 N–H and O–H groups in total. The molecule has 0 spiro atoms. The van der Waals surface area contributed by atoms with Gasteiger partial charge >= 0.3 is 5.78 Å². The minimum atomic E-state index is -0.912. The topological polar surface area (TPSA) is 54.5 Å². The largest absolute Gasteiger partial charge is 0.508 e. The number of carbonyl (C=O) groups excluding carboxylic acids is 1. The third-order valence-corrected chi connectivity index (χ3v) is 6.91. The van der Waals surface area contributed by atoms with Crippen molar-refractivity contribution in [2.24, 2.45) is 10.8 Å². The Bertz CT molecular complexity index is 1750. The van der Waals surface area contributed by atoms with E-state index in [1.165, 1.54) is 37.9 Å². The third kappa shape index (κ3) is 6.91. The van der Waals surface area contributed by atoms with Crippen molar-refractivity contribution in [3.63, 3.8) is 0 Å². The van der Waals surface area contributed by atoms with E-state index < -0.39 is 28.2 Å². The van der Waals surface area contributed by atoms with Crippen LogP contribution in [0.4, 0.5) is 4.39 Å². The van der Waals surface area contributed by atoms with Gasteiger partial charge in [-0.15, -0.1) is 34.9 Å². The first kappa shape index (κ1) is 32.1. The zero-order chi connectivity index (χ0) is 29.4. The minimum Gasteiger partial charge on any atom is -0.508 e. The molecular formula is C36H38FIrNO2. The fourth-order valence-electron chi connectivity index (χ4n) is 4.76. The van der Waals surface area contributed by atoms with Gasteiger partial charge < -0.3 is 10.1 Å². The number of benzene rings is 4. The molecule has 5 aromatic rings. The van der Waals surface area contributed by atoms with Crippen molar-refractivity contribution in [1.29, 1.82) is 0 Å². The van der Waals surface area contributed by atoms with E-state index in [0.717, 1.165) is 16.8 Å². The summed E-state index contributed by atoms with van der Waals surface area (Å²) in [7, 11) is 0. The van der Waals surface area contributed by atoms with Gasteiger partial charge in [-0.2, -0.15) is 4.39 Å². The Morgan fingerprint density at radius 1 is 0.780 bits per heavy atom. The van der Waals surface area contributed by atoms with Crippen LogP contribution in [0.25, 0.3) is 43.6 Å². The second kappa shape index (κ2) is 12.2. The average Bonchev–Trinajstić information content (AvgIpc) is 2.89. The summed E-state index contributed by atoms with van der Waals surface area (Å²) in [6, 6.07) is 27.3. The van der Waals surface area contributed by atoms with Gasteiger partial charge in [-0.05, 0) is 64.8 Å². The van der Waals surface area contributed by atoms with Crippen molar-refractivity contribution in [1.82, 2.24) is 4.98 Å². The summed E-state index contributed by atoms with van der Waals surface area (Å²) in [5.41, 5.74) is 3.07. The van der Waals surface area contributed by atoms with Crippen LogP contribution in [0.5, 0.6) is 0 Å². The van der Waals surface area contributed by atoms with Gasteiger partial charge in [0.1, 0.15) is 5.76 Å². The van der Waals surface area contributed by atoms with Gasteiger partial charge in [0.2, 0.25) is 0 Å². The molecule has 0 bridgehead atoms. The van der Waals surface area contributed by atoms with E-state index in [2.05, 4.69) is 86.6 Å². The van der Waals surface area contributed by atoms with E-state index in [1.54, 1.807) is 41.5 Å². The fourth-order valence-corrected chi connectivity index (χ4v) is 4.76. The monoisotopic (exact) mass is 728 g/mol. The Morgan fingerprint density at radius 3 is 2.00 bits per heavy atom. The van der Waals surface area contributed by atoms with Gasteiger partial charge in [0.15, 0.2) is 0 Å². The first-order valence-corrected chi connectivity index (χ1v) is 13.5. The van der Waals surface area contributed by atoms with Crippen molar-refractivity contribution < 1.29 is 34.4 Å². The molecule has 0 atom stereocenters. The number of nitrogens with zero attached hydrogens (tertiary/aromatic N) is 1. The van der Waals surface area contributed by atoms with Crippen LogP contribution in [-0.2, 0) is 20.1 Å². The second-order valence-electron chi connectivity index (χ2n) is 12.5. The molecule has 1 radical (unpaired) electrons.